The number of nitrogens with one attached hydrogen (secondary N) is 1. The van der Waals surface area contributed by atoms with E-state index in [4.69, 9.17) is 9.47 Å². The molecule has 0 amide bonds. The van der Waals surface area contributed by atoms with Crippen molar-refractivity contribution >= 4 is 6.21 Å². The van der Waals surface area contributed by atoms with E-state index >= 15 is 0 Å². The highest BCUT2D eigenvalue weighted by Gasteiger charge is 2.17. The summed E-state index contributed by atoms with van der Waals surface area (Å²) in [5.41, 5.74) is 1.04. The molecule has 2 rings (SSSR count). The van der Waals surface area contributed by atoms with Gasteiger partial charge in [-0.05, 0) is 0 Å². The molecule has 4 heteroatoms. The summed E-state index contributed by atoms with van der Waals surface area (Å²) in [6.45, 7) is 1.94. The minimum Gasteiger partial charge on any atom is -0.384 e. The second-order valence-corrected chi connectivity index (χ2v) is 2.84. The largest absolute Gasteiger partial charge is 0.384 e. The maximum Gasteiger partial charge on any atom is 0.147 e. The zero-order valence-corrected chi connectivity index (χ0v) is 6.82. The van der Waals surface area contributed by atoms with Gasteiger partial charge in [0.1, 0.15) is 6.79 Å². The Morgan fingerprint density at radius 1 is 1.67 bits per heavy atom. The van der Waals surface area contributed by atoms with Crippen LogP contribution in [0.3, 0.4) is 0 Å². The van der Waals surface area contributed by atoms with Crippen LogP contribution in [0.15, 0.2) is 16.9 Å². The molecule has 4 nitrogen and oxygen atoms in total. The van der Waals surface area contributed by atoms with Crippen LogP contribution in [0.4, 0.5) is 0 Å². The van der Waals surface area contributed by atoms with E-state index in [1.54, 1.807) is 0 Å². The molecule has 2 heterocycles. The molecule has 0 aromatic rings. The van der Waals surface area contributed by atoms with E-state index in [-0.39, 0.29) is 6.10 Å². The summed E-state index contributed by atoms with van der Waals surface area (Å²) in [5, 5.41) is 3.10. The monoisotopic (exact) mass is 168 g/mol. The van der Waals surface area contributed by atoms with Crippen molar-refractivity contribution in [2.24, 2.45) is 4.99 Å². The van der Waals surface area contributed by atoms with E-state index in [0.717, 1.165) is 18.7 Å². The molecular weight excluding hydrogens is 156 g/mol. The number of aliphatic imine (C=N–C) groups is 1. The van der Waals surface area contributed by atoms with Gasteiger partial charge in [-0.1, -0.05) is 0 Å². The first-order valence-electron chi connectivity index (χ1n) is 4.09. The molecule has 0 spiro atoms. The van der Waals surface area contributed by atoms with Gasteiger partial charge in [-0.2, -0.15) is 0 Å². The molecule has 1 atom stereocenters. The lowest BCUT2D eigenvalue weighted by Gasteiger charge is -2.10. The van der Waals surface area contributed by atoms with Gasteiger partial charge in [0.25, 0.3) is 0 Å². The van der Waals surface area contributed by atoms with Crippen LogP contribution in [0.5, 0.6) is 0 Å². The minimum absolute atomic E-state index is 0.188. The third kappa shape index (κ3) is 1.84. The number of rotatable bonds is 2. The number of ether oxygens (including phenoxy) is 2. The maximum atomic E-state index is 5.29. The van der Waals surface area contributed by atoms with Gasteiger partial charge in [0, 0.05) is 25.4 Å². The van der Waals surface area contributed by atoms with Crippen LogP contribution in [-0.4, -0.2) is 32.3 Å². The zero-order chi connectivity index (χ0) is 8.23. The molecule has 0 bridgehead atoms. The van der Waals surface area contributed by atoms with Crippen LogP contribution in [0, 0.1) is 0 Å². The molecule has 66 valence electrons. The number of nitrogens with zero attached hydrogens (tertiary/aromatic N) is 1. The molecule has 1 N–H and O–H groups in total. The van der Waals surface area contributed by atoms with Gasteiger partial charge in [0.2, 0.25) is 0 Å². The summed E-state index contributed by atoms with van der Waals surface area (Å²) in [4.78, 5) is 4.23. The van der Waals surface area contributed by atoms with E-state index in [2.05, 4.69) is 10.3 Å². The summed E-state index contributed by atoms with van der Waals surface area (Å²) < 4.78 is 10.4. The van der Waals surface area contributed by atoms with Gasteiger partial charge in [-0.3, -0.25) is 4.99 Å². The fraction of sp³-hybridized carbons (Fsp3) is 0.625. The van der Waals surface area contributed by atoms with Gasteiger partial charge >= 0.3 is 0 Å². The average Bonchev–Trinajstić information content (AvgIpc) is 2.59. The Morgan fingerprint density at radius 2 is 2.67 bits per heavy atom. The first-order valence-corrected chi connectivity index (χ1v) is 4.09. The van der Waals surface area contributed by atoms with Crippen LogP contribution in [-0.2, 0) is 9.47 Å². The van der Waals surface area contributed by atoms with Gasteiger partial charge in [0.15, 0.2) is 0 Å². The molecule has 1 fully saturated rings. The van der Waals surface area contributed by atoms with Crippen molar-refractivity contribution in [3.63, 3.8) is 0 Å². The van der Waals surface area contributed by atoms with Gasteiger partial charge in [0.05, 0.1) is 18.4 Å². The molecule has 2 aliphatic rings. The Balaban J connectivity index is 1.85. The molecule has 0 radical (unpaired) electrons. The van der Waals surface area contributed by atoms with E-state index < -0.39 is 0 Å². The van der Waals surface area contributed by atoms with E-state index in [0.29, 0.717) is 13.4 Å². The molecular formula is C8H12N2O2. The van der Waals surface area contributed by atoms with Crippen molar-refractivity contribution < 1.29 is 9.47 Å². The molecule has 1 unspecified atom stereocenters. The molecule has 0 aromatic heterocycles. The SMILES string of the molecule is C1=NC(CC2COCO2)=CNC1. The lowest BCUT2D eigenvalue weighted by molar-refractivity contribution is 0.0469. The first-order chi connectivity index (χ1) is 5.95. The van der Waals surface area contributed by atoms with Crippen molar-refractivity contribution in [3.8, 4) is 0 Å². The Bertz CT molecular complexity index is 207. The van der Waals surface area contributed by atoms with Crippen molar-refractivity contribution in [1.29, 1.82) is 0 Å². The van der Waals surface area contributed by atoms with Gasteiger partial charge < -0.3 is 14.8 Å². The standard InChI is InChI=1S/C8H12N2O2/c1-2-10-7(4-9-1)3-8-5-11-6-12-8/h2,4,8-9H,1,3,5-6H2. The predicted molar refractivity (Wildman–Crippen MR) is 44.9 cm³/mol. The normalized spacial score (nSPS) is 28.3. The molecule has 2 aliphatic heterocycles. The van der Waals surface area contributed by atoms with Crippen molar-refractivity contribution in [2.45, 2.75) is 12.5 Å². The third-order valence-corrected chi connectivity index (χ3v) is 1.86. The van der Waals surface area contributed by atoms with Crippen LogP contribution in [0.2, 0.25) is 0 Å². The predicted octanol–water partition coefficient (Wildman–Crippen LogP) is 0.265. The second kappa shape index (κ2) is 3.69. The third-order valence-electron chi connectivity index (χ3n) is 1.86. The van der Waals surface area contributed by atoms with Crippen molar-refractivity contribution in [2.75, 3.05) is 19.9 Å². The first kappa shape index (κ1) is 7.76. The second-order valence-electron chi connectivity index (χ2n) is 2.84. The molecule has 0 aromatic carbocycles. The Morgan fingerprint density at radius 3 is 3.33 bits per heavy atom. The molecule has 0 aliphatic carbocycles. The Labute approximate surface area is 71.3 Å². The maximum absolute atomic E-state index is 5.29. The average molecular weight is 168 g/mol. The number of hydrogen-bond acceptors (Lipinski definition) is 4. The highest BCUT2D eigenvalue weighted by Crippen LogP contribution is 2.14. The lowest BCUT2D eigenvalue weighted by atomic mass is 10.2. The smallest absolute Gasteiger partial charge is 0.147 e. The summed E-state index contributed by atoms with van der Waals surface area (Å²) in [5.74, 6) is 0. The minimum atomic E-state index is 0.188. The van der Waals surface area contributed by atoms with E-state index in [9.17, 15) is 0 Å². The zero-order valence-electron chi connectivity index (χ0n) is 6.82. The Kier molecular flexibility index (Phi) is 2.39. The molecule has 1 saturated heterocycles. The van der Waals surface area contributed by atoms with Gasteiger partial charge in [-0.15, -0.1) is 0 Å². The van der Waals surface area contributed by atoms with Gasteiger partial charge in [-0.25, -0.2) is 0 Å². The summed E-state index contributed by atoms with van der Waals surface area (Å²) in [6, 6.07) is 0. The van der Waals surface area contributed by atoms with Crippen LogP contribution < -0.4 is 5.32 Å². The van der Waals surface area contributed by atoms with Crippen molar-refractivity contribution in [3.05, 3.63) is 11.9 Å². The summed E-state index contributed by atoms with van der Waals surface area (Å²) in [6.07, 6.45) is 4.82. The molecule has 12 heavy (non-hydrogen) atoms. The highest BCUT2D eigenvalue weighted by atomic mass is 16.7. The Hall–Kier alpha value is -0.870. The van der Waals surface area contributed by atoms with Crippen LogP contribution >= 0.6 is 0 Å². The fourth-order valence-electron chi connectivity index (χ4n) is 1.26. The van der Waals surface area contributed by atoms with Crippen molar-refractivity contribution in [1.82, 2.24) is 5.32 Å². The van der Waals surface area contributed by atoms with E-state index in [1.807, 2.05) is 12.4 Å². The van der Waals surface area contributed by atoms with E-state index in [1.165, 1.54) is 0 Å². The fourth-order valence-corrected chi connectivity index (χ4v) is 1.26. The lowest BCUT2D eigenvalue weighted by Crippen LogP contribution is -2.17. The summed E-state index contributed by atoms with van der Waals surface area (Å²) in [7, 11) is 0. The summed E-state index contributed by atoms with van der Waals surface area (Å²) >= 11 is 0. The highest BCUT2D eigenvalue weighted by molar-refractivity contribution is 5.62. The van der Waals surface area contributed by atoms with Crippen LogP contribution in [0.25, 0.3) is 0 Å². The van der Waals surface area contributed by atoms with Crippen LogP contribution in [0.1, 0.15) is 6.42 Å². The molecule has 0 saturated carbocycles. The number of hydrogen-bond donors (Lipinski definition) is 1. The quantitative estimate of drug-likeness (QED) is 0.643. The topological polar surface area (TPSA) is 42.9 Å².